The maximum absolute atomic E-state index is 6.12. The Balaban J connectivity index is 2.20. The van der Waals surface area contributed by atoms with Gasteiger partial charge in [-0.3, -0.25) is 4.98 Å². The Hall–Kier alpha value is -1.10. The van der Waals surface area contributed by atoms with Crippen molar-refractivity contribution in [2.24, 2.45) is 5.73 Å². The molecule has 0 saturated heterocycles. The molecule has 0 bridgehead atoms. The van der Waals surface area contributed by atoms with Crippen LogP contribution in [0.15, 0.2) is 29.9 Å². The van der Waals surface area contributed by atoms with Crippen LogP contribution in [0.5, 0.6) is 5.75 Å². The van der Waals surface area contributed by atoms with Gasteiger partial charge in [-0.2, -0.15) is 0 Å². The first kappa shape index (κ1) is 12.4. The second-order valence-electron chi connectivity index (χ2n) is 3.67. The largest absolute Gasteiger partial charge is 0.496 e. The number of methoxy groups -OCH3 is 1. The lowest BCUT2D eigenvalue weighted by molar-refractivity contribution is 0.408. The molecule has 3 nitrogen and oxygen atoms in total. The van der Waals surface area contributed by atoms with Crippen LogP contribution in [-0.2, 0) is 6.42 Å². The van der Waals surface area contributed by atoms with Gasteiger partial charge in [-0.15, -0.1) is 11.3 Å². The third kappa shape index (κ3) is 2.97. The molecule has 0 saturated carbocycles. The normalized spacial score (nSPS) is 12.4. The standard InChI is InChI=1S/C12H13ClN2OS/c1-16-11-3-2-9(13)4-8(11)5-10(14)12-6-15-7-17-12/h2-4,6-7,10H,5,14H2,1H3. The van der Waals surface area contributed by atoms with E-state index in [0.717, 1.165) is 16.2 Å². The smallest absolute Gasteiger partial charge is 0.122 e. The number of aromatic nitrogens is 1. The average molecular weight is 269 g/mol. The van der Waals surface area contributed by atoms with Crippen LogP contribution < -0.4 is 10.5 Å². The highest BCUT2D eigenvalue weighted by molar-refractivity contribution is 7.09. The minimum absolute atomic E-state index is 0.0742. The van der Waals surface area contributed by atoms with Crippen LogP contribution in [0.25, 0.3) is 0 Å². The zero-order valence-corrected chi connectivity index (χ0v) is 11.0. The summed E-state index contributed by atoms with van der Waals surface area (Å²) in [7, 11) is 1.64. The fourth-order valence-electron chi connectivity index (χ4n) is 1.65. The molecule has 1 atom stereocenters. The third-order valence-electron chi connectivity index (χ3n) is 2.50. The van der Waals surface area contributed by atoms with Crippen molar-refractivity contribution in [2.45, 2.75) is 12.5 Å². The van der Waals surface area contributed by atoms with Crippen molar-refractivity contribution >= 4 is 22.9 Å². The number of rotatable bonds is 4. The highest BCUT2D eigenvalue weighted by Crippen LogP contribution is 2.27. The Kier molecular flexibility index (Phi) is 3.99. The van der Waals surface area contributed by atoms with E-state index in [4.69, 9.17) is 22.1 Å². The highest BCUT2D eigenvalue weighted by Gasteiger charge is 2.12. The van der Waals surface area contributed by atoms with E-state index in [1.807, 2.05) is 18.2 Å². The molecular weight excluding hydrogens is 256 g/mol. The number of hydrogen-bond acceptors (Lipinski definition) is 4. The monoisotopic (exact) mass is 268 g/mol. The second-order valence-corrected chi connectivity index (χ2v) is 5.02. The number of halogens is 1. The zero-order valence-electron chi connectivity index (χ0n) is 9.39. The molecule has 1 aromatic carbocycles. The average Bonchev–Trinajstić information content (AvgIpc) is 2.83. The topological polar surface area (TPSA) is 48.1 Å². The van der Waals surface area contributed by atoms with Gasteiger partial charge in [-0.1, -0.05) is 11.6 Å². The minimum atomic E-state index is -0.0742. The summed E-state index contributed by atoms with van der Waals surface area (Å²) in [6.45, 7) is 0. The van der Waals surface area contributed by atoms with Crippen LogP contribution in [0.2, 0.25) is 5.02 Å². The van der Waals surface area contributed by atoms with Crippen molar-refractivity contribution in [1.29, 1.82) is 0 Å². The van der Waals surface area contributed by atoms with Crippen LogP contribution >= 0.6 is 22.9 Å². The zero-order chi connectivity index (χ0) is 12.3. The molecule has 90 valence electrons. The van der Waals surface area contributed by atoms with Crippen molar-refractivity contribution in [3.63, 3.8) is 0 Å². The molecule has 1 unspecified atom stereocenters. The molecule has 1 heterocycles. The first-order valence-electron chi connectivity index (χ1n) is 5.17. The Morgan fingerprint density at radius 2 is 2.35 bits per heavy atom. The maximum atomic E-state index is 6.12. The van der Waals surface area contributed by atoms with Gasteiger partial charge in [0.1, 0.15) is 5.75 Å². The summed E-state index contributed by atoms with van der Waals surface area (Å²) in [5, 5.41) is 0.692. The Morgan fingerprint density at radius 1 is 1.53 bits per heavy atom. The van der Waals surface area contributed by atoms with Gasteiger partial charge in [0, 0.05) is 22.1 Å². The van der Waals surface area contributed by atoms with Gasteiger partial charge in [-0.05, 0) is 30.2 Å². The molecule has 0 aliphatic heterocycles. The van der Waals surface area contributed by atoms with Crippen LogP contribution in [0.1, 0.15) is 16.5 Å². The quantitative estimate of drug-likeness (QED) is 0.927. The Labute approximate surface area is 109 Å². The van der Waals surface area contributed by atoms with Crippen molar-refractivity contribution in [3.05, 3.63) is 45.4 Å². The van der Waals surface area contributed by atoms with E-state index in [2.05, 4.69) is 4.98 Å². The molecule has 17 heavy (non-hydrogen) atoms. The molecule has 0 fully saturated rings. The van der Waals surface area contributed by atoms with Crippen molar-refractivity contribution in [2.75, 3.05) is 7.11 Å². The molecule has 2 aromatic rings. The minimum Gasteiger partial charge on any atom is -0.496 e. The highest BCUT2D eigenvalue weighted by atomic mass is 35.5. The molecule has 0 amide bonds. The lowest BCUT2D eigenvalue weighted by Gasteiger charge is -2.13. The van der Waals surface area contributed by atoms with Gasteiger partial charge in [0.15, 0.2) is 0 Å². The predicted octanol–water partition coefficient (Wildman–Crippen LogP) is 3.05. The molecule has 2 rings (SSSR count). The van der Waals surface area contributed by atoms with E-state index in [1.54, 1.807) is 30.2 Å². The molecule has 0 spiro atoms. The summed E-state index contributed by atoms with van der Waals surface area (Å²) in [5.41, 5.74) is 8.91. The molecule has 0 radical (unpaired) electrons. The summed E-state index contributed by atoms with van der Waals surface area (Å²) < 4.78 is 5.29. The fraction of sp³-hybridized carbons (Fsp3) is 0.250. The Morgan fingerprint density at radius 3 is 3.00 bits per heavy atom. The van der Waals surface area contributed by atoms with E-state index in [0.29, 0.717) is 11.4 Å². The molecule has 0 aliphatic rings. The number of nitrogens with two attached hydrogens (primary N) is 1. The lowest BCUT2D eigenvalue weighted by Crippen LogP contribution is -2.12. The van der Waals surface area contributed by atoms with Gasteiger partial charge >= 0.3 is 0 Å². The van der Waals surface area contributed by atoms with Gasteiger partial charge in [0.2, 0.25) is 0 Å². The van der Waals surface area contributed by atoms with Crippen LogP contribution in [0.4, 0.5) is 0 Å². The van der Waals surface area contributed by atoms with E-state index < -0.39 is 0 Å². The van der Waals surface area contributed by atoms with Crippen molar-refractivity contribution in [3.8, 4) is 5.75 Å². The molecule has 0 aliphatic carbocycles. The molecule has 2 N–H and O–H groups in total. The van der Waals surface area contributed by atoms with Crippen LogP contribution in [0, 0.1) is 0 Å². The van der Waals surface area contributed by atoms with Crippen molar-refractivity contribution in [1.82, 2.24) is 4.98 Å². The van der Waals surface area contributed by atoms with Gasteiger partial charge in [0.25, 0.3) is 0 Å². The first-order valence-corrected chi connectivity index (χ1v) is 6.43. The van der Waals surface area contributed by atoms with Crippen molar-refractivity contribution < 1.29 is 4.74 Å². The number of thiazole rings is 1. The van der Waals surface area contributed by atoms with E-state index in [1.165, 1.54) is 0 Å². The summed E-state index contributed by atoms with van der Waals surface area (Å²) in [4.78, 5) is 5.09. The van der Waals surface area contributed by atoms with Gasteiger partial charge in [-0.25, -0.2) is 0 Å². The van der Waals surface area contributed by atoms with E-state index in [-0.39, 0.29) is 6.04 Å². The molecule has 1 aromatic heterocycles. The number of benzene rings is 1. The molecular formula is C12H13ClN2OS. The maximum Gasteiger partial charge on any atom is 0.122 e. The Bertz CT molecular complexity index is 487. The second kappa shape index (κ2) is 5.49. The lowest BCUT2D eigenvalue weighted by atomic mass is 10.0. The summed E-state index contributed by atoms with van der Waals surface area (Å²) in [6, 6.07) is 5.48. The SMILES string of the molecule is COc1ccc(Cl)cc1CC(N)c1cncs1. The number of nitrogens with zero attached hydrogens (tertiary/aromatic N) is 1. The van der Waals surface area contributed by atoms with Crippen LogP contribution in [-0.4, -0.2) is 12.1 Å². The summed E-state index contributed by atoms with van der Waals surface area (Å²) >= 11 is 7.53. The van der Waals surface area contributed by atoms with Gasteiger partial charge < -0.3 is 10.5 Å². The summed E-state index contributed by atoms with van der Waals surface area (Å²) in [5.74, 6) is 0.814. The third-order valence-corrected chi connectivity index (χ3v) is 3.64. The number of hydrogen-bond donors (Lipinski definition) is 1. The van der Waals surface area contributed by atoms with Crippen LogP contribution in [0.3, 0.4) is 0 Å². The first-order chi connectivity index (χ1) is 8.20. The molecule has 5 heteroatoms. The number of ether oxygens (including phenoxy) is 1. The fourth-order valence-corrected chi connectivity index (χ4v) is 2.47. The van der Waals surface area contributed by atoms with E-state index >= 15 is 0 Å². The summed E-state index contributed by atoms with van der Waals surface area (Å²) in [6.07, 6.45) is 2.48. The predicted molar refractivity (Wildman–Crippen MR) is 70.8 cm³/mol. The van der Waals surface area contributed by atoms with Gasteiger partial charge in [0.05, 0.1) is 12.6 Å². The van der Waals surface area contributed by atoms with E-state index in [9.17, 15) is 0 Å².